The lowest BCUT2D eigenvalue weighted by molar-refractivity contribution is -0.126. The molecule has 230 valence electrons. The van der Waals surface area contributed by atoms with Crippen molar-refractivity contribution in [3.63, 3.8) is 0 Å². The Hall–Kier alpha value is -3.93. The van der Waals surface area contributed by atoms with Gasteiger partial charge in [0.25, 0.3) is 0 Å². The third kappa shape index (κ3) is 5.91. The molecule has 0 saturated carbocycles. The van der Waals surface area contributed by atoms with Crippen LogP contribution in [0.25, 0.3) is 32.9 Å². The van der Waals surface area contributed by atoms with E-state index in [9.17, 15) is 9.18 Å². The van der Waals surface area contributed by atoms with E-state index in [-0.39, 0.29) is 40.4 Å². The highest BCUT2D eigenvalue weighted by atomic mass is 35.5. The standard InChI is InChI=1S/C32H33ClF2N6O3/c1-19-17-39(18-20(2)44-19)11-5-8-25(42)40-12-14-41(15-13-40)31-23-16-36-29(28(35)30(23)37-32(38-31)43-3)22-7-4-6-21-9-10-24(34)27(33)26(21)22/h4-10,16,19-20H,11-15,17-18H2,1-3H3/b8-5+/t19-,20?/m0/s1. The van der Waals surface area contributed by atoms with Crippen molar-refractivity contribution in [1.82, 2.24) is 24.8 Å². The molecule has 1 amide bonds. The van der Waals surface area contributed by atoms with Gasteiger partial charge in [-0.05, 0) is 25.3 Å². The van der Waals surface area contributed by atoms with E-state index in [2.05, 4.69) is 33.7 Å². The molecule has 0 aliphatic carbocycles. The van der Waals surface area contributed by atoms with Gasteiger partial charge >= 0.3 is 6.01 Å². The molecular weight excluding hydrogens is 590 g/mol. The van der Waals surface area contributed by atoms with Crippen LogP contribution < -0.4 is 9.64 Å². The highest BCUT2D eigenvalue weighted by Crippen LogP contribution is 2.38. The van der Waals surface area contributed by atoms with E-state index < -0.39 is 11.6 Å². The monoisotopic (exact) mass is 622 g/mol. The van der Waals surface area contributed by atoms with Crippen LogP contribution in [0.4, 0.5) is 14.6 Å². The van der Waals surface area contributed by atoms with Crippen LogP contribution in [-0.2, 0) is 9.53 Å². The zero-order valence-electron chi connectivity index (χ0n) is 24.8. The van der Waals surface area contributed by atoms with Crippen LogP contribution in [0.5, 0.6) is 6.01 Å². The van der Waals surface area contributed by atoms with Gasteiger partial charge in [0, 0.05) is 69.0 Å². The van der Waals surface area contributed by atoms with Gasteiger partial charge in [-0.1, -0.05) is 41.9 Å². The number of carbonyl (C=O) groups is 1. The van der Waals surface area contributed by atoms with Crippen LogP contribution in [0.3, 0.4) is 0 Å². The van der Waals surface area contributed by atoms with Crippen molar-refractivity contribution >= 4 is 45.0 Å². The average molecular weight is 623 g/mol. The van der Waals surface area contributed by atoms with E-state index in [1.54, 1.807) is 35.2 Å². The maximum Gasteiger partial charge on any atom is 0.318 e. The first-order valence-electron chi connectivity index (χ1n) is 14.6. The molecular formula is C32H33ClF2N6O3. The highest BCUT2D eigenvalue weighted by molar-refractivity contribution is 6.36. The van der Waals surface area contributed by atoms with Gasteiger partial charge in [-0.15, -0.1) is 0 Å². The Labute approximate surface area is 259 Å². The van der Waals surface area contributed by atoms with Crippen LogP contribution >= 0.6 is 11.6 Å². The number of morpholine rings is 1. The molecule has 12 heteroatoms. The largest absolute Gasteiger partial charge is 0.467 e. The summed E-state index contributed by atoms with van der Waals surface area (Å²) in [5.74, 6) is -0.884. The fourth-order valence-corrected chi connectivity index (χ4v) is 6.30. The fourth-order valence-electron chi connectivity index (χ4n) is 6.03. The van der Waals surface area contributed by atoms with E-state index in [1.165, 1.54) is 19.4 Å². The van der Waals surface area contributed by atoms with Crippen molar-refractivity contribution in [3.8, 4) is 17.3 Å². The van der Waals surface area contributed by atoms with Gasteiger partial charge in [-0.25, -0.2) is 8.78 Å². The summed E-state index contributed by atoms with van der Waals surface area (Å²) in [5.41, 5.74) is 0.364. The van der Waals surface area contributed by atoms with Crippen molar-refractivity contribution < 1.29 is 23.0 Å². The number of hydrogen-bond acceptors (Lipinski definition) is 8. The molecule has 0 spiro atoms. The second-order valence-corrected chi connectivity index (χ2v) is 11.6. The predicted molar refractivity (Wildman–Crippen MR) is 166 cm³/mol. The number of hydrogen-bond donors (Lipinski definition) is 0. The van der Waals surface area contributed by atoms with Crippen LogP contribution in [0.1, 0.15) is 13.8 Å². The van der Waals surface area contributed by atoms with Gasteiger partial charge in [0.1, 0.15) is 22.8 Å². The number of halogens is 3. The van der Waals surface area contributed by atoms with Crippen molar-refractivity contribution in [2.24, 2.45) is 0 Å². The number of fused-ring (bicyclic) bond motifs is 2. The van der Waals surface area contributed by atoms with Crippen LogP contribution in [-0.4, -0.2) is 95.8 Å². The molecule has 4 heterocycles. The topological polar surface area (TPSA) is 83.9 Å². The number of anilines is 1. The average Bonchev–Trinajstić information content (AvgIpc) is 3.02. The predicted octanol–water partition coefficient (Wildman–Crippen LogP) is 5.10. The second-order valence-electron chi connectivity index (χ2n) is 11.2. The Morgan fingerprint density at radius 2 is 1.84 bits per heavy atom. The number of carbonyl (C=O) groups excluding carboxylic acids is 1. The Morgan fingerprint density at radius 3 is 2.57 bits per heavy atom. The minimum absolute atomic E-state index is 0.00117. The van der Waals surface area contributed by atoms with Crippen molar-refractivity contribution in [2.75, 3.05) is 57.8 Å². The number of ether oxygens (including phenoxy) is 2. The molecule has 2 fully saturated rings. The molecule has 2 aromatic carbocycles. The minimum atomic E-state index is -0.694. The van der Waals surface area contributed by atoms with E-state index in [0.29, 0.717) is 60.3 Å². The van der Waals surface area contributed by atoms with E-state index >= 15 is 4.39 Å². The fraction of sp³-hybridized carbons (Fsp3) is 0.375. The summed E-state index contributed by atoms with van der Waals surface area (Å²) in [4.78, 5) is 32.2. The molecule has 2 aliphatic rings. The number of methoxy groups -OCH3 is 1. The van der Waals surface area contributed by atoms with Gasteiger partial charge in [0.2, 0.25) is 5.91 Å². The molecule has 2 aliphatic heterocycles. The SMILES string of the molecule is COc1nc(N2CCN(C(=O)/C=C/CN3CC(C)O[C@@H](C)C3)CC2)c2cnc(-c3cccc4ccc(F)c(Cl)c34)c(F)c2n1. The molecule has 1 unspecified atom stereocenters. The quantitative estimate of drug-likeness (QED) is 0.275. The zero-order chi connectivity index (χ0) is 31.0. The maximum atomic E-state index is 16.2. The number of piperazine rings is 1. The molecule has 2 saturated heterocycles. The van der Waals surface area contributed by atoms with Gasteiger partial charge in [-0.2, -0.15) is 9.97 Å². The van der Waals surface area contributed by atoms with E-state index in [1.807, 2.05) is 11.0 Å². The first-order valence-corrected chi connectivity index (χ1v) is 15.0. The third-order valence-corrected chi connectivity index (χ3v) is 8.40. The van der Waals surface area contributed by atoms with Gasteiger partial charge in [-0.3, -0.25) is 14.7 Å². The first kappa shape index (κ1) is 30.1. The molecule has 0 bridgehead atoms. The van der Waals surface area contributed by atoms with Crippen LogP contribution in [0.15, 0.2) is 48.7 Å². The lowest BCUT2D eigenvalue weighted by atomic mass is 10.0. The number of benzene rings is 2. The number of pyridine rings is 1. The zero-order valence-corrected chi connectivity index (χ0v) is 25.5. The second kappa shape index (κ2) is 12.6. The van der Waals surface area contributed by atoms with Crippen molar-refractivity contribution in [1.29, 1.82) is 0 Å². The molecule has 2 aromatic heterocycles. The molecule has 44 heavy (non-hydrogen) atoms. The number of aromatic nitrogens is 3. The molecule has 2 atom stereocenters. The van der Waals surface area contributed by atoms with Crippen molar-refractivity contribution in [2.45, 2.75) is 26.1 Å². The summed E-state index contributed by atoms with van der Waals surface area (Å²) >= 11 is 6.32. The van der Waals surface area contributed by atoms with Gasteiger partial charge < -0.3 is 19.3 Å². The molecule has 0 radical (unpaired) electrons. The number of rotatable bonds is 6. The van der Waals surface area contributed by atoms with E-state index in [0.717, 1.165) is 13.1 Å². The van der Waals surface area contributed by atoms with E-state index in [4.69, 9.17) is 21.1 Å². The molecule has 0 N–H and O–H groups in total. The Morgan fingerprint density at radius 1 is 1.09 bits per heavy atom. The van der Waals surface area contributed by atoms with Gasteiger partial charge in [0.05, 0.1) is 29.7 Å². The lowest BCUT2D eigenvalue weighted by Gasteiger charge is -2.35. The number of amides is 1. The summed E-state index contributed by atoms with van der Waals surface area (Å²) < 4.78 is 41.7. The van der Waals surface area contributed by atoms with Crippen LogP contribution in [0.2, 0.25) is 5.02 Å². The first-order chi connectivity index (χ1) is 21.2. The Balaban J connectivity index is 1.23. The normalized spacial score (nSPS) is 19.8. The summed E-state index contributed by atoms with van der Waals surface area (Å²) in [6, 6.07) is 8.03. The van der Waals surface area contributed by atoms with Gasteiger partial charge in [0.15, 0.2) is 5.82 Å². The Bertz CT molecular complexity index is 1740. The third-order valence-electron chi connectivity index (χ3n) is 8.03. The molecule has 4 aromatic rings. The molecule has 9 nitrogen and oxygen atoms in total. The summed E-state index contributed by atoms with van der Waals surface area (Å²) in [6.45, 7) is 8.38. The lowest BCUT2D eigenvalue weighted by Crippen LogP contribution is -2.48. The smallest absolute Gasteiger partial charge is 0.318 e. The summed E-state index contributed by atoms with van der Waals surface area (Å²) in [6.07, 6.45) is 5.40. The highest BCUT2D eigenvalue weighted by Gasteiger charge is 2.26. The maximum absolute atomic E-state index is 16.2. The molecule has 6 rings (SSSR count). The minimum Gasteiger partial charge on any atom is -0.467 e. The van der Waals surface area contributed by atoms with Crippen molar-refractivity contribution in [3.05, 3.63) is 65.3 Å². The summed E-state index contributed by atoms with van der Waals surface area (Å²) in [5, 5.41) is 1.32. The Kier molecular flexibility index (Phi) is 8.61. The van der Waals surface area contributed by atoms with Crippen LogP contribution in [0, 0.1) is 11.6 Å². The number of nitrogens with zero attached hydrogens (tertiary/aromatic N) is 6. The summed E-state index contributed by atoms with van der Waals surface area (Å²) in [7, 11) is 1.42.